The molecule has 0 aliphatic heterocycles. The summed E-state index contributed by atoms with van der Waals surface area (Å²) in [5.74, 6) is 0. The fraction of sp³-hybridized carbons (Fsp3) is 0.714. The molecule has 0 aromatic rings. The Labute approximate surface area is 62.0 Å². The molecule has 1 radical (unpaired) electrons. The second-order valence-corrected chi connectivity index (χ2v) is 2.19. The highest BCUT2D eigenvalue weighted by Crippen LogP contribution is 1.93. The van der Waals surface area contributed by atoms with E-state index in [-0.39, 0.29) is 6.09 Å². The zero-order chi connectivity index (χ0) is 7.98. The molecule has 0 aromatic heterocycles. The SMILES string of the molecule is [CH2]OC(=O)N(C)CCCC. The zero-order valence-corrected chi connectivity index (χ0v) is 6.59. The maximum absolute atomic E-state index is 10.7. The standard InChI is InChI=1S/C7H14NO2/c1-4-5-6-8(2)7(9)10-3/h3-6H2,1-2H3. The quantitative estimate of drug-likeness (QED) is 0.602. The minimum atomic E-state index is -0.367. The minimum Gasteiger partial charge on any atom is -0.446 e. The van der Waals surface area contributed by atoms with Crippen LogP contribution in [-0.4, -0.2) is 24.6 Å². The zero-order valence-electron chi connectivity index (χ0n) is 6.59. The molecule has 0 aliphatic rings. The Kier molecular flexibility index (Phi) is 4.72. The molecule has 0 spiro atoms. The van der Waals surface area contributed by atoms with E-state index in [0.717, 1.165) is 19.4 Å². The van der Waals surface area contributed by atoms with Crippen molar-refractivity contribution in [1.29, 1.82) is 0 Å². The predicted octanol–water partition coefficient (Wildman–Crippen LogP) is 1.65. The molecule has 10 heavy (non-hydrogen) atoms. The molecule has 1 amide bonds. The van der Waals surface area contributed by atoms with E-state index in [1.54, 1.807) is 7.05 Å². The van der Waals surface area contributed by atoms with Crippen molar-refractivity contribution in [3.63, 3.8) is 0 Å². The Bertz CT molecular complexity index is 104. The van der Waals surface area contributed by atoms with Crippen molar-refractivity contribution in [2.24, 2.45) is 0 Å². The van der Waals surface area contributed by atoms with Crippen molar-refractivity contribution in [1.82, 2.24) is 4.90 Å². The topological polar surface area (TPSA) is 29.5 Å². The van der Waals surface area contributed by atoms with E-state index in [1.165, 1.54) is 4.90 Å². The first-order valence-electron chi connectivity index (χ1n) is 3.39. The van der Waals surface area contributed by atoms with Crippen LogP contribution in [0.15, 0.2) is 0 Å². The maximum atomic E-state index is 10.7. The first kappa shape index (κ1) is 9.27. The van der Waals surface area contributed by atoms with Crippen LogP contribution in [-0.2, 0) is 4.74 Å². The number of ether oxygens (including phenoxy) is 1. The van der Waals surface area contributed by atoms with Crippen molar-refractivity contribution < 1.29 is 9.53 Å². The molecule has 0 atom stereocenters. The average Bonchev–Trinajstić information content (AvgIpc) is 1.98. The number of carbonyl (C=O) groups excluding carboxylic acids is 1. The highest BCUT2D eigenvalue weighted by molar-refractivity contribution is 5.67. The van der Waals surface area contributed by atoms with Crippen LogP contribution >= 0.6 is 0 Å². The first-order chi connectivity index (χ1) is 4.72. The Balaban J connectivity index is 3.41. The maximum Gasteiger partial charge on any atom is 0.409 e. The van der Waals surface area contributed by atoms with Gasteiger partial charge in [0.25, 0.3) is 0 Å². The van der Waals surface area contributed by atoms with Gasteiger partial charge in [0.1, 0.15) is 7.11 Å². The number of hydrogen-bond acceptors (Lipinski definition) is 2. The largest absolute Gasteiger partial charge is 0.446 e. The van der Waals surface area contributed by atoms with Gasteiger partial charge in [-0.15, -0.1) is 0 Å². The van der Waals surface area contributed by atoms with Gasteiger partial charge >= 0.3 is 6.09 Å². The summed E-state index contributed by atoms with van der Waals surface area (Å²) in [7, 11) is 4.72. The lowest BCUT2D eigenvalue weighted by Gasteiger charge is -2.13. The number of amides is 1. The van der Waals surface area contributed by atoms with E-state index in [4.69, 9.17) is 0 Å². The number of hydrogen-bond donors (Lipinski definition) is 0. The van der Waals surface area contributed by atoms with E-state index < -0.39 is 0 Å². The van der Waals surface area contributed by atoms with Crippen molar-refractivity contribution >= 4 is 6.09 Å². The van der Waals surface area contributed by atoms with E-state index in [1.807, 2.05) is 0 Å². The predicted molar refractivity (Wildman–Crippen MR) is 39.4 cm³/mol. The molecule has 0 heterocycles. The Morgan fingerprint density at radius 2 is 2.30 bits per heavy atom. The van der Waals surface area contributed by atoms with Crippen LogP contribution < -0.4 is 0 Å². The lowest BCUT2D eigenvalue weighted by Crippen LogP contribution is -2.26. The van der Waals surface area contributed by atoms with Crippen LogP contribution in [0.5, 0.6) is 0 Å². The molecule has 0 fully saturated rings. The monoisotopic (exact) mass is 144 g/mol. The summed E-state index contributed by atoms with van der Waals surface area (Å²) < 4.78 is 4.25. The Morgan fingerprint density at radius 1 is 1.70 bits per heavy atom. The number of rotatable bonds is 3. The van der Waals surface area contributed by atoms with Gasteiger partial charge in [-0.25, -0.2) is 4.79 Å². The van der Waals surface area contributed by atoms with Crippen LogP contribution in [0.2, 0.25) is 0 Å². The van der Waals surface area contributed by atoms with E-state index >= 15 is 0 Å². The van der Waals surface area contributed by atoms with Gasteiger partial charge in [0.05, 0.1) is 0 Å². The third-order valence-corrected chi connectivity index (χ3v) is 1.28. The summed E-state index contributed by atoms with van der Waals surface area (Å²) in [4.78, 5) is 12.2. The Hall–Kier alpha value is -0.730. The molecule has 3 nitrogen and oxygen atoms in total. The molecule has 0 saturated carbocycles. The van der Waals surface area contributed by atoms with Gasteiger partial charge in [-0.3, -0.25) is 0 Å². The first-order valence-corrected chi connectivity index (χ1v) is 3.39. The molecule has 3 heteroatoms. The highest BCUT2D eigenvalue weighted by atomic mass is 16.5. The molecule has 0 aromatic carbocycles. The minimum absolute atomic E-state index is 0.367. The molecular formula is C7H14NO2. The summed E-state index contributed by atoms with van der Waals surface area (Å²) in [5, 5.41) is 0. The third-order valence-electron chi connectivity index (χ3n) is 1.28. The molecule has 0 aliphatic carbocycles. The fourth-order valence-corrected chi connectivity index (χ4v) is 0.597. The van der Waals surface area contributed by atoms with Gasteiger partial charge in [0, 0.05) is 13.6 Å². The third kappa shape index (κ3) is 3.33. The summed E-state index contributed by atoms with van der Waals surface area (Å²) in [6, 6.07) is 0. The summed E-state index contributed by atoms with van der Waals surface area (Å²) in [5.41, 5.74) is 0. The lowest BCUT2D eigenvalue weighted by atomic mass is 10.3. The average molecular weight is 144 g/mol. The number of unbranched alkanes of at least 4 members (excludes halogenated alkanes) is 1. The van der Waals surface area contributed by atoms with Gasteiger partial charge in [0.15, 0.2) is 0 Å². The van der Waals surface area contributed by atoms with Gasteiger partial charge in [-0.2, -0.15) is 0 Å². The normalized spacial score (nSPS) is 9.10. The van der Waals surface area contributed by atoms with Gasteiger partial charge < -0.3 is 9.64 Å². The lowest BCUT2D eigenvalue weighted by molar-refractivity contribution is 0.145. The molecule has 0 rings (SSSR count). The van der Waals surface area contributed by atoms with Gasteiger partial charge in [-0.1, -0.05) is 13.3 Å². The van der Waals surface area contributed by atoms with Crippen molar-refractivity contribution in [2.45, 2.75) is 19.8 Å². The highest BCUT2D eigenvalue weighted by Gasteiger charge is 2.05. The van der Waals surface area contributed by atoms with E-state index in [9.17, 15) is 4.79 Å². The number of nitrogens with zero attached hydrogens (tertiary/aromatic N) is 1. The molecular weight excluding hydrogens is 130 g/mol. The smallest absolute Gasteiger partial charge is 0.409 e. The van der Waals surface area contributed by atoms with Crippen LogP contribution in [0.25, 0.3) is 0 Å². The van der Waals surface area contributed by atoms with E-state index in [0.29, 0.717) is 0 Å². The van der Waals surface area contributed by atoms with E-state index in [2.05, 4.69) is 18.8 Å². The number of carbonyl (C=O) groups is 1. The van der Waals surface area contributed by atoms with Crippen LogP contribution in [0.1, 0.15) is 19.8 Å². The summed E-state index contributed by atoms with van der Waals surface area (Å²) in [6.45, 7) is 2.81. The second kappa shape index (κ2) is 5.09. The van der Waals surface area contributed by atoms with Gasteiger partial charge in [-0.05, 0) is 6.42 Å². The fourth-order valence-electron chi connectivity index (χ4n) is 0.597. The Morgan fingerprint density at radius 3 is 2.70 bits per heavy atom. The van der Waals surface area contributed by atoms with Gasteiger partial charge in [0.2, 0.25) is 0 Å². The molecule has 0 unspecified atom stereocenters. The van der Waals surface area contributed by atoms with Crippen molar-refractivity contribution in [3.8, 4) is 0 Å². The van der Waals surface area contributed by atoms with Crippen LogP contribution in [0.4, 0.5) is 4.79 Å². The molecule has 0 N–H and O–H groups in total. The molecule has 0 bridgehead atoms. The van der Waals surface area contributed by atoms with Crippen molar-refractivity contribution in [2.75, 3.05) is 13.6 Å². The summed E-state index contributed by atoms with van der Waals surface area (Å²) >= 11 is 0. The second-order valence-electron chi connectivity index (χ2n) is 2.19. The van der Waals surface area contributed by atoms with Crippen LogP contribution in [0.3, 0.4) is 0 Å². The molecule has 0 saturated heterocycles. The van der Waals surface area contributed by atoms with Crippen molar-refractivity contribution in [3.05, 3.63) is 7.11 Å². The molecule has 59 valence electrons. The summed E-state index contributed by atoms with van der Waals surface area (Å²) in [6.07, 6.45) is 1.72. The van der Waals surface area contributed by atoms with Crippen LogP contribution in [0, 0.1) is 7.11 Å².